The molecule has 0 atom stereocenters. The van der Waals surface area contributed by atoms with Crippen molar-refractivity contribution in [2.45, 2.75) is 46.1 Å². The van der Waals surface area contributed by atoms with Gasteiger partial charge in [-0.15, -0.1) is 0 Å². The Morgan fingerprint density at radius 1 is 1.27 bits per heavy atom. The molecule has 0 fully saturated rings. The van der Waals surface area contributed by atoms with Crippen LogP contribution in [0.1, 0.15) is 40.5 Å². The molecule has 0 saturated heterocycles. The van der Waals surface area contributed by atoms with Crippen molar-refractivity contribution >= 4 is 5.71 Å². The van der Waals surface area contributed by atoms with Crippen molar-refractivity contribution in [3.05, 3.63) is 0 Å². The Bertz CT molecular complexity index is 136. The first kappa shape index (κ1) is 10.6. The molecule has 0 heterocycles. The van der Waals surface area contributed by atoms with Gasteiger partial charge < -0.3 is 5.11 Å². The molecule has 1 N–H and O–H groups in total. The lowest BCUT2D eigenvalue weighted by atomic mass is 9.92. The first-order valence-electron chi connectivity index (χ1n) is 4.34. The summed E-state index contributed by atoms with van der Waals surface area (Å²) in [5.74, 6) is 0. The molecule has 0 unspecified atom stereocenters. The predicted molar refractivity (Wildman–Crippen MR) is 49.2 cm³/mol. The molecule has 66 valence electrons. The van der Waals surface area contributed by atoms with E-state index in [-0.39, 0.29) is 0 Å². The minimum absolute atomic E-state index is 0.657. The molecule has 2 heteroatoms. The fourth-order valence-corrected chi connectivity index (χ4v) is 1.15. The second-order valence-electron chi connectivity index (χ2n) is 2.80. The summed E-state index contributed by atoms with van der Waals surface area (Å²) in [6, 6.07) is 0. The van der Waals surface area contributed by atoms with Crippen molar-refractivity contribution in [2.75, 3.05) is 6.54 Å². The van der Waals surface area contributed by atoms with Crippen LogP contribution >= 0.6 is 0 Å². The molecular formula is C9H19NO. The summed E-state index contributed by atoms with van der Waals surface area (Å²) in [7, 11) is 0. The monoisotopic (exact) mass is 157 g/mol. The minimum atomic E-state index is -0.657. The van der Waals surface area contributed by atoms with E-state index in [0.29, 0.717) is 0 Å². The lowest BCUT2D eigenvalue weighted by Crippen LogP contribution is -2.35. The third-order valence-corrected chi connectivity index (χ3v) is 2.24. The van der Waals surface area contributed by atoms with Gasteiger partial charge in [0.25, 0.3) is 0 Å². The summed E-state index contributed by atoms with van der Waals surface area (Å²) in [5, 5.41) is 9.90. The number of hydrogen-bond donors (Lipinski definition) is 1. The molecule has 0 aliphatic carbocycles. The van der Waals surface area contributed by atoms with Crippen LogP contribution < -0.4 is 0 Å². The molecule has 2 nitrogen and oxygen atoms in total. The van der Waals surface area contributed by atoms with Gasteiger partial charge in [-0.25, -0.2) is 0 Å². The molecule has 0 aromatic rings. The standard InChI is InChI=1S/C9H19NO/c1-5-9(11,6-2)8(4)10-7-3/h11H,5-7H2,1-4H3/b10-8-. The zero-order valence-corrected chi connectivity index (χ0v) is 8.02. The van der Waals surface area contributed by atoms with Crippen LogP contribution in [0.15, 0.2) is 4.99 Å². The topological polar surface area (TPSA) is 32.6 Å². The molecule has 11 heavy (non-hydrogen) atoms. The first-order chi connectivity index (χ1) is 5.10. The van der Waals surface area contributed by atoms with Gasteiger partial charge in [0.1, 0.15) is 5.60 Å². The molecule has 0 aromatic carbocycles. The SMILES string of the molecule is CC/N=C(/C)C(O)(CC)CC. The normalized spacial score (nSPS) is 13.7. The summed E-state index contributed by atoms with van der Waals surface area (Å²) in [6.45, 7) is 8.61. The maximum Gasteiger partial charge on any atom is 0.101 e. The van der Waals surface area contributed by atoms with Gasteiger partial charge in [0.15, 0.2) is 0 Å². The number of aliphatic imine (C=N–C) groups is 1. The molecule has 0 saturated carbocycles. The number of rotatable bonds is 4. The van der Waals surface area contributed by atoms with Crippen LogP contribution in [0.3, 0.4) is 0 Å². The number of aliphatic hydroxyl groups is 1. The Hall–Kier alpha value is -0.370. The van der Waals surface area contributed by atoms with Crippen LogP contribution in [-0.2, 0) is 0 Å². The molecule has 0 aromatic heterocycles. The predicted octanol–water partition coefficient (Wildman–Crippen LogP) is 2.02. The largest absolute Gasteiger partial charge is 0.384 e. The summed E-state index contributed by atoms with van der Waals surface area (Å²) in [5.41, 5.74) is 0.209. The van der Waals surface area contributed by atoms with Crippen LogP contribution in [0.5, 0.6) is 0 Å². The molecule has 0 bridgehead atoms. The molecule has 0 radical (unpaired) electrons. The molecule has 0 aliphatic heterocycles. The van der Waals surface area contributed by atoms with Crippen LogP contribution in [0, 0.1) is 0 Å². The number of nitrogens with zero attached hydrogens (tertiary/aromatic N) is 1. The Balaban J connectivity index is 4.36. The summed E-state index contributed by atoms with van der Waals surface area (Å²) >= 11 is 0. The molecule has 0 rings (SSSR count). The molecule has 0 spiro atoms. The summed E-state index contributed by atoms with van der Waals surface area (Å²) < 4.78 is 0. The van der Waals surface area contributed by atoms with Gasteiger partial charge in [-0.2, -0.15) is 0 Å². The quantitative estimate of drug-likeness (QED) is 0.622. The fraction of sp³-hybridized carbons (Fsp3) is 0.889. The molecular weight excluding hydrogens is 138 g/mol. The Morgan fingerprint density at radius 3 is 2.00 bits per heavy atom. The van der Waals surface area contributed by atoms with Gasteiger partial charge in [-0.1, -0.05) is 13.8 Å². The first-order valence-corrected chi connectivity index (χ1v) is 4.34. The van der Waals surface area contributed by atoms with E-state index in [0.717, 1.165) is 25.1 Å². The van der Waals surface area contributed by atoms with Crippen molar-refractivity contribution in [2.24, 2.45) is 4.99 Å². The van der Waals surface area contributed by atoms with Gasteiger partial charge in [-0.3, -0.25) is 4.99 Å². The highest BCUT2D eigenvalue weighted by atomic mass is 16.3. The van der Waals surface area contributed by atoms with Crippen molar-refractivity contribution < 1.29 is 5.11 Å². The average molecular weight is 157 g/mol. The second kappa shape index (κ2) is 4.50. The smallest absolute Gasteiger partial charge is 0.101 e. The highest BCUT2D eigenvalue weighted by Gasteiger charge is 2.25. The zero-order chi connectivity index (χ0) is 8.91. The van der Waals surface area contributed by atoms with E-state index in [1.165, 1.54) is 0 Å². The summed E-state index contributed by atoms with van der Waals surface area (Å²) in [6.07, 6.45) is 1.50. The van der Waals surface area contributed by atoms with Crippen molar-refractivity contribution in [3.63, 3.8) is 0 Å². The van der Waals surface area contributed by atoms with Crippen LogP contribution in [0.25, 0.3) is 0 Å². The van der Waals surface area contributed by atoms with E-state index < -0.39 is 5.60 Å². The van der Waals surface area contributed by atoms with E-state index in [1.54, 1.807) is 0 Å². The fourth-order valence-electron chi connectivity index (χ4n) is 1.15. The highest BCUT2D eigenvalue weighted by Crippen LogP contribution is 2.16. The Kier molecular flexibility index (Phi) is 4.34. The van der Waals surface area contributed by atoms with Crippen LogP contribution in [0.4, 0.5) is 0 Å². The van der Waals surface area contributed by atoms with E-state index >= 15 is 0 Å². The van der Waals surface area contributed by atoms with Crippen LogP contribution in [0.2, 0.25) is 0 Å². The van der Waals surface area contributed by atoms with E-state index in [9.17, 15) is 5.11 Å². The third kappa shape index (κ3) is 2.62. The van der Waals surface area contributed by atoms with Gasteiger partial charge in [0, 0.05) is 12.3 Å². The lowest BCUT2D eigenvalue weighted by molar-refractivity contribution is 0.103. The van der Waals surface area contributed by atoms with Gasteiger partial charge in [0.05, 0.1) is 0 Å². The maximum atomic E-state index is 9.90. The van der Waals surface area contributed by atoms with Gasteiger partial charge >= 0.3 is 0 Å². The third-order valence-electron chi connectivity index (χ3n) is 2.24. The highest BCUT2D eigenvalue weighted by molar-refractivity contribution is 5.90. The van der Waals surface area contributed by atoms with E-state index in [1.807, 2.05) is 27.7 Å². The van der Waals surface area contributed by atoms with E-state index in [4.69, 9.17) is 0 Å². The van der Waals surface area contributed by atoms with Crippen molar-refractivity contribution in [1.82, 2.24) is 0 Å². The van der Waals surface area contributed by atoms with Crippen molar-refractivity contribution in [3.8, 4) is 0 Å². The Labute approximate surface area is 69.3 Å². The van der Waals surface area contributed by atoms with Crippen LogP contribution in [-0.4, -0.2) is 23.0 Å². The van der Waals surface area contributed by atoms with E-state index in [2.05, 4.69) is 4.99 Å². The van der Waals surface area contributed by atoms with Gasteiger partial charge in [-0.05, 0) is 26.7 Å². The van der Waals surface area contributed by atoms with Crippen molar-refractivity contribution in [1.29, 1.82) is 0 Å². The lowest BCUT2D eigenvalue weighted by Gasteiger charge is -2.24. The van der Waals surface area contributed by atoms with Gasteiger partial charge in [0.2, 0.25) is 0 Å². The molecule has 0 amide bonds. The second-order valence-corrected chi connectivity index (χ2v) is 2.80. The maximum absolute atomic E-state index is 9.90. The molecule has 0 aliphatic rings. The minimum Gasteiger partial charge on any atom is -0.384 e. The summed E-state index contributed by atoms with van der Waals surface area (Å²) in [4.78, 5) is 4.20. The average Bonchev–Trinajstić information content (AvgIpc) is 2.03. The zero-order valence-electron chi connectivity index (χ0n) is 8.02. The Morgan fingerprint density at radius 2 is 1.73 bits per heavy atom. The number of hydrogen-bond acceptors (Lipinski definition) is 2.